The first-order valence-corrected chi connectivity index (χ1v) is 12.1. The third kappa shape index (κ3) is 5.63. The average molecular weight is 569 g/mol. The second-order valence-electron chi connectivity index (χ2n) is 8.29. The molecule has 0 spiro atoms. The molecule has 3 rings (SSSR count). The fraction of sp³-hybridized carbons (Fsp3) is 0.400. The van der Waals surface area contributed by atoms with Gasteiger partial charge < -0.3 is 19.3 Å². The number of nitrogens with zero attached hydrogens (tertiary/aromatic N) is 1. The highest BCUT2D eigenvalue weighted by Crippen LogP contribution is 2.47. The first-order valence-electron chi connectivity index (χ1n) is 10.9. The normalized spacial score (nSPS) is 17.8. The van der Waals surface area contributed by atoms with Crippen molar-refractivity contribution in [3.63, 3.8) is 0 Å². The van der Waals surface area contributed by atoms with Gasteiger partial charge in [-0.3, -0.25) is 19.3 Å². The number of halogens is 2. The van der Waals surface area contributed by atoms with Crippen molar-refractivity contribution in [3.8, 4) is 17.2 Å². The van der Waals surface area contributed by atoms with Gasteiger partial charge in [-0.15, -0.1) is 0 Å². The number of rotatable bonds is 9. The van der Waals surface area contributed by atoms with E-state index in [4.69, 9.17) is 25.8 Å². The predicted molar refractivity (Wildman–Crippen MR) is 134 cm³/mol. The number of likely N-dealkylation sites (tertiary alicyclic amines) is 1. The standard InChI is InChI=1S/C25H27BrClNO7/c1-13(29)35-12-17-14(8-9-28(17)2)22-20(33-3)11-21(34-4)23(25(22)32)19(31)10-18(30)15-6-5-7-16(26)24(15)27/h5-7,11,14,17,32H,8-10,12H2,1-4H3. The lowest BCUT2D eigenvalue weighted by Crippen LogP contribution is -2.34. The van der Waals surface area contributed by atoms with Crippen LogP contribution in [0.3, 0.4) is 0 Å². The molecule has 2 aromatic carbocycles. The van der Waals surface area contributed by atoms with Crippen LogP contribution in [0.2, 0.25) is 5.02 Å². The summed E-state index contributed by atoms with van der Waals surface area (Å²) in [5, 5.41) is 11.6. The number of aromatic hydroxyl groups is 1. The zero-order valence-electron chi connectivity index (χ0n) is 19.9. The number of methoxy groups -OCH3 is 2. The summed E-state index contributed by atoms with van der Waals surface area (Å²) in [7, 11) is 4.72. The highest BCUT2D eigenvalue weighted by molar-refractivity contribution is 9.10. The Morgan fingerprint density at radius 3 is 2.49 bits per heavy atom. The van der Waals surface area contributed by atoms with E-state index in [1.807, 2.05) is 11.9 Å². The quantitative estimate of drug-likeness (QED) is 0.265. The molecule has 0 bridgehead atoms. The van der Waals surface area contributed by atoms with E-state index in [0.717, 1.165) is 0 Å². The van der Waals surface area contributed by atoms with Crippen LogP contribution >= 0.6 is 27.5 Å². The molecule has 1 aliphatic heterocycles. The summed E-state index contributed by atoms with van der Waals surface area (Å²) in [6, 6.07) is 6.16. The van der Waals surface area contributed by atoms with Crippen LogP contribution in [0, 0.1) is 0 Å². The van der Waals surface area contributed by atoms with Crippen LogP contribution in [-0.2, 0) is 9.53 Å². The van der Waals surface area contributed by atoms with Crippen LogP contribution < -0.4 is 9.47 Å². The van der Waals surface area contributed by atoms with E-state index in [2.05, 4.69) is 15.9 Å². The maximum Gasteiger partial charge on any atom is 0.302 e. The molecule has 1 heterocycles. The van der Waals surface area contributed by atoms with E-state index in [9.17, 15) is 19.5 Å². The van der Waals surface area contributed by atoms with Gasteiger partial charge in [0.15, 0.2) is 11.6 Å². The van der Waals surface area contributed by atoms with Gasteiger partial charge in [-0.1, -0.05) is 17.7 Å². The molecule has 0 amide bonds. The van der Waals surface area contributed by atoms with Crippen LogP contribution in [0.5, 0.6) is 17.2 Å². The monoisotopic (exact) mass is 567 g/mol. The fourth-order valence-corrected chi connectivity index (χ4v) is 5.03. The number of Topliss-reactive ketones (excluding diaryl/α,β-unsaturated/α-hetero) is 2. The Morgan fingerprint density at radius 1 is 1.17 bits per heavy atom. The van der Waals surface area contributed by atoms with Gasteiger partial charge in [-0.25, -0.2) is 0 Å². The maximum absolute atomic E-state index is 13.3. The number of carbonyl (C=O) groups excluding carboxylic acids is 3. The molecule has 10 heteroatoms. The van der Waals surface area contributed by atoms with Gasteiger partial charge in [0, 0.05) is 34.5 Å². The number of phenolic OH excluding ortho intramolecular Hbond substituents is 1. The first-order chi connectivity index (χ1) is 16.6. The molecule has 1 N–H and O–H groups in total. The largest absolute Gasteiger partial charge is 0.507 e. The zero-order valence-corrected chi connectivity index (χ0v) is 22.2. The van der Waals surface area contributed by atoms with E-state index in [-0.39, 0.29) is 46.2 Å². The summed E-state index contributed by atoms with van der Waals surface area (Å²) in [6.45, 7) is 2.14. The van der Waals surface area contributed by atoms with Crippen LogP contribution in [0.15, 0.2) is 28.7 Å². The van der Waals surface area contributed by atoms with Gasteiger partial charge in [0.1, 0.15) is 29.4 Å². The molecular weight excluding hydrogens is 542 g/mol. The van der Waals surface area contributed by atoms with Crippen molar-refractivity contribution in [2.24, 2.45) is 0 Å². The van der Waals surface area contributed by atoms with Crippen molar-refractivity contribution in [1.82, 2.24) is 4.90 Å². The Bertz CT molecular complexity index is 1150. The van der Waals surface area contributed by atoms with Crippen molar-refractivity contribution < 1.29 is 33.7 Å². The zero-order chi connectivity index (χ0) is 25.9. The minimum atomic E-state index is -0.618. The number of ketones is 2. The van der Waals surface area contributed by atoms with Crippen LogP contribution in [0.4, 0.5) is 0 Å². The molecule has 1 fully saturated rings. The van der Waals surface area contributed by atoms with Gasteiger partial charge in [0.25, 0.3) is 0 Å². The SMILES string of the molecule is COc1cc(OC)c(C2CCN(C)C2COC(C)=O)c(O)c1C(=O)CC(=O)c1cccc(Br)c1Cl. The van der Waals surface area contributed by atoms with E-state index >= 15 is 0 Å². The molecule has 1 saturated heterocycles. The molecule has 1 aliphatic rings. The number of ether oxygens (including phenoxy) is 3. The van der Waals surface area contributed by atoms with Gasteiger partial charge in [-0.2, -0.15) is 0 Å². The highest BCUT2D eigenvalue weighted by atomic mass is 79.9. The van der Waals surface area contributed by atoms with Gasteiger partial charge in [0.05, 0.1) is 31.7 Å². The predicted octanol–water partition coefficient (Wildman–Crippen LogP) is 4.63. The summed E-state index contributed by atoms with van der Waals surface area (Å²) in [4.78, 5) is 39.6. The van der Waals surface area contributed by atoms with Crippen LogP contribution in [-0.4, -0.2) is 68.0 Å². The number of hydrogen-bond acceptors (Lipinski definition) is 8. The Hall–Kier alpha value is -2.62. The molecular formula is C25H27BrClNO7. The molecule has 2 aromatic rings. The Balaban J connectivity index is 2.03. The lowest BCUT2D eigenvalue weighted by Gasteiger charge is -2.27. The molecule has 35 heavy (non-hydrogen) atoms. The lowest BCUT2D eigenvalue weighted by atomic mass is 9.87. The van der Waals surface area contributed by atoms with Crippen molar-refractivity contribution in [1.29, 1.82) is 0 Å². The van der Waals surface area contributed by atoms with E-state index < -0.39 is 24.0 Å². The van der Waals surface area contributed by atoms with E-state index in [0.29, 0.717) is 28.8 Å². The molecule has 0 aromatic heterocycles. The Morgan fingerprint density at radius 2 is 1.86 bits per heavy atom. The second kappa shape index (κ2) is 11.4. The third-order valence-corrected chi connectivity index (χ3v) is 7.51. The average Bonchev–Trinajstić information content (AvgIpc) is 3.17. The van der Waals surface area contributed by atoms with Gasteiger partial charge in [-0.05, 0) is 48.1 Å². The number of likely N-dealkylation sites (N-methyl/N-ethyl adjacent to an activating group) is 1. The smallest absolute Gasteiger partial charge is 0.302 e. The summed E-state index contributed by atoms with van der Waals surface area (Å²) >= 11 is 9.51. The topological polar surface area (TPSA) is 102 Å². The number of benzene rings is 2. The molecule has 8 nitrogen and oxygen atoms in total. The number of esters is 1. The summed E-state index contributed by atoms with van der Waals surface area (Å²) < 4.78 is 16.7. The van der Waals surface area contributed by atoms with E-state index in [1.54, 1.807) is 12.1 Å². The molecule has 0 aliphatic carbocycles. The van der Waals surface area contributed by atoms with Gasteiger partial charge >= 0.3 is 5.97 Å². The molecule has 0 saturated carbocycles. The Labute approximate surface area is 217 Å². The number of carbonyl (C=O) groups is 3. The molecule has 0 radical (unpaired) electrons. The molecule has 2 unspecified atom stereocenters. The summed E-state index contributed by atoms with van der Waals surface area (Å²) in [5.41, 5.74) is 0.495. The van der Waals surface area contributed by atoms with Gasteiger partial charge in [0.2, 0.25) is 0 Å². The second-order valence-corrected chi connectivity index (χ2v) is 9.52. The fourth-order valence-electron chi connectivity index (χ4n) is 4.43. The van der Waals surface area contributed by atoms with Crippen molar-refractivity contribution >= 4 is 45.1 Å². The lowest BCUT2D eigenvalue weighted by molar-refractivity contribution is -0.142. The minimum absolute atomic E-state index is 0.0872. The first kappa shape index (κ1) is 27.0. The summed E-state index contributed by atoms with van der Waals surface area (Å²) in [6.07, 6.45) is 0.117. The van der Waals surface area contributed by atoms with Crippen molar-refractivity contribution in [3.05, 3.63) is 50.5 Å². The van der Waals surface area contributed by atoms with Crippen molar-refractivity contribution in [2.75, 3.05) is 34.4 Å². The third-order valence-electron chi connectivity index (χ3n) is 6.21. The van der Waals surface area contributed by atoms with E-state index in [1.165, 1.54) is 33.3 Å². The summed E-state index contributed by atoms with van der Waals surface area (Å²) in [5.74, 6) is -1.69. The highest BCUT2D eigenvalue weighted by Gasteiger charge is 2.39. The molecule has 2 atom stereocenters. The Kier molecular flexibility index (Phi) is 8.79. The van der Waals surface area contributed by atoms with Crippen molar-refractivity contribution in [2.45, 2.75) is 31.7 Å². The molecule has 188 valence electrons. The minimum Gasteiger partial charge on any atom is -0.507 e. The van der Waals surface area contributed by atoms with Crippen LogP contribution in [0.25, 0.3) is 0 Å². The van der Waals surface area contributed by atoms with Crippen LogP contribution in [0.1, 0.15) is 52.0 Å². The number of phenols is 1. The number of hydrogen-bond donors (Lipinski definition) is 1. The maximum atomic E-state index is 13.3.